The van der Waals surface area contributed by atoms with E-state index in [1.54, 1.807) is 7.11 Å². The van der Waals surface area contributed by atoms with Crippen molar-refractivity contribution >= 4 is 5.97 Å². The zero-order valence-corrected chi connectivity index (χ0v) is 20.5. The van der Waals surface area contributed by atoms with Crippen LogP contribution in [0.1, 0.15) is 50.2 Å². The standard InChI is InChI=1S/C30H37NO3/c1-21-8-7-15-30(2)17-28-25(16-27(21)30)26(29(32)34-28)20-31(18-22-9-5-4-6-10-22)19-23-11-13-24(33-3)14-12-23/h4-6,9-14,25-28H,1,7-8,15-20H2,2-3H3/t25-,26+,27+,28-,30-/m1/s1. The molecular formula is C30H37NO3. The summed E-state index contributed by atoms with van der Waals surface area (Å²) in [5.74, 6) is 1.58. The maximum Gasteiger partial charge on any atom is 0.310 e. The van der Waals surface area contributed by atoms with Gasteiger partial charge in [-0.05, 0) is 66.7 Å². The highest BCUT2D eigenvalue weighted by molar-refractivity contribution is 5.75. The van der Waals surface area contributed by atoms with Crippen molar-refractivity contribution in [2.45, 2.75) is 58.2 Å². The fourth-order valence-electron chi connectivity index (χ4n) is 6.76. The smallest absolute Gasteiger partial charge is 0.310 e. The lowest BCUT2D eigenvalue weighted by Crippen LogP contribution is -2.45. The Bertz CT molecular complexity index is 1020. The number of allylic oxidation sites excluding steroid dienone is 1. The lowest BCUT2D eigenvalue weighted by Gasteiger charge is -2.50. The minimum absolute atomic E-state index is 0.00403. The summed E-state index contributed by atoms with van der Waals surface area (Å²) in [6.45, 7) is 9.15. The predicted molar refractivity (Wildman–Crippen MR) is 134 cm³/mol. The zero-order valence-electron chi connectivity index (χ0n) is 20.5. The maximum absolute atomic E-state index is 13.2. The summed E-state index contributed by atoms with van der Waals surface area (Å²) in [6, 6.07) is 18.8. The molecule has 2 aromatic carbocycles. The Labute approximate surface area is 203 Å². The lowest BCUT2D eigenvalue weighted by atomic mass is 9.55. The van der Waals surface area contributed by atoms with E-state index in [4.69, 9.17) is 9.47 Å². The molecule has 3 fully saturated rings. The van der Waals surface area contributed by atoms with E-state index in [0.29, 0.717) is 5.92 Å². The molecule has 1 heterocycles. The average Bonchev–Trinajstić information content (AvgIpc) is 3.12. The molecule has 4 nitrogen and oxygen atoms in total. The molecule has 0 aromatic heterocycles. The summed E-state index contributed by atoms with van der Waals surface area (Å²) < 4.78 is 11.4. The normalized spacial score (nSPS) is 30.6. The SMILES string of the molecule is C=C1CCC[C@]2(C)C[C@H]3OC(=O)[C@@H](CN(Cc4ccccc4)Cc4ccc(OC)cc4)[C@H]3C[C@@H]12. The van der Waals surface area contributed by atoms with Crippen molar-refractivity contribution in [3.8, 4) is 5.75 Å². The number of hydrogen-bond acceptors (Lipinski definition) is 4. The van der Waals surface area contributed by atoms with Gasteiger partial charge in [0.2, 0.25) is 0 Å². The molecule has 1 aliphatic heterocycles. The Kier molecular flexibility index (Phi) is 6.52. The molecule has 0 N–H and O–H groups in total. The van der Waals surface area contributed by atoms with E-state index in [1.165, 1.54) is 29.5 Å². The number of esters is 1. The quantitative estimate of drug-likeness (QED) is 0.375. The van der Waals surface area contributed by atoms with Gasteiger partial charge in [0, 0.05) is 25.6 Å². The maximum atomic E-state index is 13.2. The van der Waals surface area contributed by atoms with E-state index >= 15 is 0 Å². The molecule has 4 heteroatoms. The first-order valence-electron chi connectivity index (χ1n) is 12.7. The fraction of sp³-hybridized carbons (Fsp3) is 0.500. The Balaban J connectivity index is 1.36. The van der Waals surface area contributed by atoms with Gasteiger partial charge in [0.15, 0.2) is 0 Å². The number of carbonyl (C=O) groups is 1. The second-order valence-corrected chi connectivity index (χ2v) is 10.9. The molecule has 3 aliphatic rings. The molecule has 0 bridgehead atoms. The van der Waals surface area contributed by atoms with Crippen LogP contribution in [0.4, 0.5) is 0 Å². The largest absolute Gasteiger partial charge is 0.497 e. The summed E-state index contributed by atoms with van der Waals surface area (Å²) in [5, 5.41) is 0. The molecular weight excluding hydrogens is 422 g/mol. The number of ether oxygens (including phenoxy) is 2. The van der Waals surface area contributed by atoms with Crippen LogP contribution in [0, 0.1) is 23.2 Å². The summed E-state index contributed by atoms with van der Waals surface area (Å²) >= 11 is 0. The van der Waals surface area contributed by atoms with Crippen molar-refractivity contribution in [1.29, 1.82) is 0 Å². The molecule has 5 atom stereocenters. The van der Waals surface area contributed by atoms with E-state index in [1.807, 2.05) is 18.2 Å². The highest BCUT2D eigenvalue weighted by Crippen LogP contribution is 2.57. The van der Waals surface area contributed by atoms with Gasteiger partial charge in [-0.3, -0.25) is 9.69 Å². The molecule has 0 unspecified atom stereocenters. The third kappa shape index (κ3) is 4.65. The van der Waals surface area contributed by atoms with Crippen LogP contribution in [0.2, 0.25) is 0 Å². The lowest BCUT2D eigenvalue weighted by molar-refractivity contribution is -0.146. The van der Waals surface area contributed by atoms with Crippen LogP contribution in [0.15, 0.2) is 66.7 Å². The Hall–Kier alpha value is -2.59. The van der Waals surface area contributed by atoms with Crippen molar-refractivity contribution < 1.29 is 14.3 Å². The number of benzene rings is 2. The van der Waals surface area contributed by atoms with Crippen molar-refractivity contribution in [2.24, 2.45) is 23.2 Å². The first-order chi connectivity index (χ1) is 16.4. The molecule has 2 aromatic rings. The van der Waals surface area contributed by atoms with Crippen LogP contribution in [-0.4, -0.2) is 30.6 Å². The molecule has 0 radical (unpaired) electrons. The summed E-state index contributed by atoms with van der Waals surface area (Å²) in [5.41, 5.74) is 4.11. The van der Waals surface area contributed by atoms with Crippen LogP contribution in [0.3, 0.4) is 0 Å². The van der Waals surface area contributed by atoms with Crippen LogP contribution in [0.5, 0.6) is 5.75 Å². The van der Waals surface area contributed by atoms with Crippen LogP contribution < -0.4 is 4.74 Å². The van der Waals surface area contributed by atoms with Crippen molar-refractivity contribution in [3.63, 3.8) is 0 Å². The molecule has 180 valence electrons. The van der Waals surface area contributed by atoms with Crippen LogP contribution in [-0.2, 0) is 22.6 Å². The second-order valence-electron chi connectivity index (χ2n) is 10.9. The van der Waals surface area contributed by atoms with Crippen LogP contribution >= 0.6 is 0 Å². The topological polar surface area (TPSA) is 38.8 Å². The molecule has 34 heavy (non-hydrogen) atoms. The van der Waals surface area contributed by atoms with Gasteiger partial charge in [-0.15, -0.1) is 0 Å². The first-order valence-corrected chi connectivity index (χ1v) is 12.7. The van der Waals surface area contributed by atoms with Gasteiger partial charge in [-0.25, -0.2) is 0 Å². The van der Waals surface area contributed by atoms with Gasteiger partial charge in [0.25, 0.3) is 0 Å². The minimum atomic E-state index is -0.0776. The average molecular weight is 460 g/mol. The van der Waals surface area contributed by atoms with E-state index in [-0.39, 0.29) is 29.3 Å². The third-order valence-electron chi connectivity index (χ3n) is 8.59. The minimum Gasteiger partial charge on any atom is -0.497 e. The van der Waals surface area contributed by atoms with Crippen molar-refractivity contribution in [1.82, 2.24) is 4.90 Å². The number of nitrogens with zero attached hydrogens (tertiary/aromatic N) is 1. The zero-order chi connectivity index (χ0) is 23.7. The Morgan fingerprint density at radius 2 is 1.79 bits per heavy atom. The second kappa shape index (κ2) is 9.58. The van der Waals surface area contributed by atoms with Gasteiger partial charge in [0.05, 0.1) is 13.0 Å². The van der Waals surface area contributed by atoms with Crippen LogP contribution in [0.25, 0.3) is 0 Å². The fourth-order valence-corrected chi connectivity index (χ4v) is 6.76. The number of rotatable bonds is 7. The monoisotopic (exact) mass is 459 g/mol. The van der Waals surface area contributed by atoms with Gasteiger partial charge in [-0.1, -0.05) is 61.5 Å². The van der Waals surface area contributed by atoms with E-state index in [9.17, 15) is 4.79 Å². The highest BCUT2D eigenvalue weighted by Gasteiger charge is 2.55. The van der Waals surface area contributed by atoms with E-state index < -0.39 is 0 Å². The van der Waals surface area contributed by atoms with E-state index in [2.05, 4.69) is 54.8 Å². The number of methoxy groups -OCH3 is 1. The number of carbonyl (C=O) groups excluding carboxylic acids is 1. The van der Waals surface area contributed by atoms with Gasteiger partial charge >= 0.3 is 5.97 Å². The summed E-state index contributed by atoms with van der Waals surface area (Å²) in [4.78, 5) is 15.6. The van der Waals surface area contributed by atoms with Gasteiger partial charge in [0.1, 0.15) is 11.9 Å². The van der Waals surface area contributed by atoms with Gasteiger partial charge < -0.3 is 9.47 Å². The molecule has 2 saturated carbocycles. The molecule has 0 spiro atoms. The molecule has 0 amide bonds. The van der Waals surface area contributed by atoms with Crippen molar-refractivity contribution in [2.75, 3.05) is 13.7 Å². The first kappa shape index (κ1) is 23.2. The summed E-state index contributed by atoms with van der Waals surface area (Å²) in [6.07, 6.45) is 5.66. The van der Waals surface area contributed by atoms with Crippen molar-refractivity contribution in [3.05, 3.63) is 77.9 Å². The summed E-state index contributed by atoms with van der Waals surface area (Å²) in [7, 11) is 1.69. The van der Waals surface area contributed by atoms with E-state index in [0.717, 1.165) is 44.6 Å². The highest BCUT2D eigenvalue weighted by atomic mass is 16.6. The van der Waals surface area contributed by atoms with Gasteiger partial charge in [-0.2, -0.15) is 0 Å². The molecule has 5 rings (SSSR count). The predicted octanol–water partition coefficient (Wildman–Crippen LogP) is 6.01. The Morgan fingerprint density at radius 3 is 2.50 bits per heavy atom. The number of hydrogen-bond donors (Lipinski definition) is 0. The Morgan fingerprint density at radius 1 is 1.09 bits per heavy atom. The number of fused-ring (bicyclic) bond motifs is 2. The third-order valence-corrected chi connectivity index (χ3v) is 8.59. The molecule has 1 saturated heterocycles. The molecule has 2 aliphatic carbocycles.